The molecule has 1 atom stereocenters. The lowest BCUT2D eigenvalue weighted by Crippen LogP contribution is -2.56. The highest BCUT2D eigenvalue weighted by Gasteiger charge is 2.32. The van der Waals surface area contributed by atoms with Gasteiger partial charge in [-0.05, 0) is 0 Å². The molecule has 1 saturated heterocycles. The molecule has 0 saturated carbocycles. The number of hydrogen-bond acceptors (Lipinski definition) is 5. The lowest BCUT2D eigenvalue weighted by atomic mass is 10.2. The minimum absolute atomic E-state index is 0.173. The Hall–Kier alpha value is -1.23. The number of nitrogens with two attached hydrogens (primary N) is 1. The average Bonchev–Trinajstić information content (AvgIpc) is 2.37. The number of nitrogens with zero attached hydrogens (tertiary/aromatic N) is 3. The van der Waals surface area contributed by atoms with Crippen LogP contribution in [-0.4, -0.2) is 85.2 Å². The predicted octanol–water partition coefficient (Wildman–Crippen LogP) is -2.26. The summed E-state index contributed by atoms with van der Waals surface area (Å²) >= 11 is 0. The molecule has 0 radical (unpaired) electrons. The molecule has 10 heteroatoms. The highest BCUT2D eigenvalue weighted by atomic mass is 32.2. The number of hydrogen-bond donors (Lipinski definition) is 2. The van der Waals surface area contributed by atoms with Crippen LogP contribution in [0.2, 0.25) is 0 Å². The van der Waals surface area contributed by atoms with Gasteiger partial charge >= 0.3 is 5.97 Å². The Kier molecular flexibility index (Phi) is 5.45. The van der Waals surface area contributed by atoms with E-state index in [0.717, 1.165) is 4.31 Å². The molecule has 0 aromatic rings. The molecule has 1 heterocycles. The van der Waals surface area contributed by atoms with E-state index in [1.54, 1.807) is 0 Å². The van der Waals surface area contributed by atoms with Crippen LogP contribution < -0.4 is 5.73 Å². The second kappa shape index (κ2) is 6.48. The Morgan fingerprint density at radius 3 is 2.15 bits per heavy atom. The zero-order chi connectivity index (χ0) is 15.5. The van der Waals surface area contributed by atoms with Crippen molar-refractivity contribution >= 4 is 22.1 Å². The normalized spacial score (nSPS) is 19.1. The van der Waals surface area contributed by atoms with Crippen LogP contribution in [0.25, 0.3) is 0 Å². The monoisotopic (exact) mass is 308 g/mol. The second-order valence-electron chi connectivity index (χ2n) is 4.72. The molecule has 0 aliphatic carbocycles. The first kappa shape index (κ1) is 16.8. The maximum Gasteiger partial charge on any atom is 0.305 e. The SMILES string of the molecule is CN(C)S(=O)(=O)N1CCN(C(=O)C(N)CC(=O)O)CC1. The van der Waals surface area contributed by atoms with E-state index in [9.17, 15) is 18.0 Å². The Morgan fingerprint density at radius 2 is 1.75 bits per heavy atom. The van der Waals surface area contributed by atoms with Gasteiger partial charge in [-0.2, -0.15) is 17.0 Å². The Morgan fingerprint density at radius 1 is 1.25 bits per heavy atom. The first-order chi connectivity index (χ1) is 9.16. The quantitative estimate of drug-likeness (QED) is 0.590. The summed E-state index contributed by atoms with van der Waals surface area (Å²) in [4.78, 5) is 23.8. The fourth-order valence-electron chi connectivity index (χ4n) is 1.88. The molecule has 1 aliphatic heterocycles. The van der Waals surface area contributed by atoms with Crippen LogP contribution in [0.5, 0.6) is 0 Å². The smallest absolute Gasteiger partial charge is 0.305 e. The summed E-state index contributed by atoms with van der Waals surface area (Å²) in [6.07, 6.45) is -0.435. The number of carboxylic acid groups (broad SMARTS) is 1. The van der Waals surface area contributed by atoms with Gasteiger partial charge in [-0.15, -0.1) is 0 Å². The fourth-order valence-corrected chi connectivity index (χ4v) is 2.97. The Balaban J connectivity index is 2.58. The van der Waals surface area contributed by atoms with Crippen molar-refractivity contribution in [2.75, 3.05) is 40.3 Å². The van der Waals surface area contributed by atoms with Gasteiger partial charge in [0.05, 0.1) is 12.5 Å². The molecular formula is C10H20N4O5S. The van der Waals surface area contributed by atoms with Gasteiger partial charge in [0.2, 0.25) is 5.91 Å². The average molecular weight is 308 g/mol. The van der Waals surface area contributed by atoms with Crippen molar-refractivity contribution in [2.45, 2.75) is 12.5 Å². The van der Waals surface area contributed by atoms with Crippen molar-refractivity contribution in [1.82, 2.24) is 13.5 Å². The summed E-state index contributed by atoms with van der Waals surface area (Å²) in [5, 5.41) is 8.60. The van der Waals surface area contributed by atoms with E-state index in [1.165, 1.54) is 23.3 Å². The number of rotatable bonds is 5. The lowest BCUT2D eigenvalue weighted by Gasteiger charge is -2.36. The number of piperazine rings is 1. The molecule has 1 aliphatic rings. The van der Waals surface area contributed by atoms with Crippen LogP contribution in [0, 0.1) is 0 Å². The topological polar surface area (TPSA) is 124 Å². The molecule has 0 bridgehead atoms. The molecule has 20 heavy (non-hydrogen) atoms. The lowest BCUT2D eigenvalue weighted by molar-refractivity contribution is -0.142. The van der Waals surface area contributed by atoms with Gasteiger partial charge in [-0.3, -0.25) is 9.59 Å². The van der Waals surface area contributed by atoms with Crippen molar-refractivity contribution in [2.24, 2.45) is 5.73 Å². The highest BCUT2D eigenvalue weighted by Crippen LogP contribution is 2.10. The molecule has 1 rings (SSSR count). The molecule has 0 aromatic heterocycles. The molecular weight excluding hydrogens is 288 g/mol. The molecule has 116 valence electrons. The van der Waals surface area contributed by atoms with Crippen LogP contribution in [0.15, 0.2) is 0 Å². The first-order valence-electron chi connectivity index (χ1n) is 6.10. The third kappa shape index (κ3) is 3.88. The molecule has 1 amide bonds. The summed E-state index contributed by atoms with van der Waals surface area (Å²) in [5.74, 6) is -1.60. The van der Waals surface area contributed by atoms with Crippen molar-refractivity contribution in [1.29, 1.82) is 0 Å². The van der Waals surface area contributed by atoms with E-state index in [2.05, 4.69) is 0 Å². The summed E-state index contributed by atoms with van der Waals surface area (Å²) in [5.41, 5.74) is 5.51. The van der Waals surface area contributed by atoms with E-state index in [-0.39, 0.29) is 26.2 Å². The zero-order valence-electron chi connectivity index (χ0n) is 11.5. The van der Waals surface area contributed by atoms with Crippen LogP contribution in [-0.2, 0) is 19.8 Å². The molecule has 1 fully saturated rings. The number of carbonyl (C=O) groups is 2. The van der Waals surface area contributed by atoms with Gasteiger partial charge in [-0.1, -0.05) is 0 Å². The van der Waals surface area contributed by atoms with E-state index in [4.69, 9.17) is 10.8 Å². The number of carboxylic acids is 1. The van der Waals surface area contributed by atoms with Crippen molar-refractivity contribution < 1.29 is 23.1 Å². The van der Waals surface area contributed by atoms with Crippen LogP contribution in [0.3, 0.4) is 0 Å². The summed E-state index contributed by atoms with van der Waals surface area (Å²) in [6.45, 7) is 0.760. The van der Waals surface area contributed by atoms with Crippen molar-refractivity contribution in [3.63, 3.8) is 0 Å². The number of amides is 1. The zero-order valence-corrected chi connectivity index (χ0v) is 12.3. The maximum absolute atomic E-state index is 11.9. The molecule has 0 spiro atoms. The maximum atomic E-state index is 11.9. The minimum Gasteiger partial charge on any atom is -0.481 e. The van der Waals surface area contributed by atoms with Crippen molar-refractivity contribution in [3.8, 4) is 0 Å². The second-order valence-corrected chi connectivity index (χ2v) is 6.86. The molecule has 1 unspecified atom stereocenters. The van der Waals surface area contributed by atoms with Gasteiger partial charge in [0.15, 0.2) is 0 Å². The van der Waals surface area contributed by atoms with Gasteiger partial charge in [-0.25, -0.2) is 0 Å². The number of carbonyl (C=O) groups excluding carboxylic acids is 1. The molecule has 9 nitrogen and oxygen atoms in total. The largest absolute Gasteiger partial charge is 0.481 e. The van der Waals surface area contributed by atoms with Gasteiger partial charge < -0.3 is 15.7 Å². The van der Waals surface area contributed by atoms with E-state index < -0.39 is 34.5 Å². The Labute approximate surface area is 118 Å². The van der Waals surface area contributed by atoms with E-state index in [0.29, 0.717) is 0 Å². The third-order valence-corrected chi connectivity index (χ3v) is 4.99. The molecule has 3 N–H and O–H groups in total. The van der Waals surface area contributed by atoms with Gasteiger partial charge in [0, 0.05) is 40.3 Å². The van der Waals surface area contributed by atoms with Crippen LogP contribution in [0.4, 0.5) is 0 Å². The highest BCUT2D eigenvalue weighted by molar-refractivity contribution is 7.86. The first-order valence-corrected chi connectivity index (χ1v) is 7.49. The van der Waals surface area contributed by atoms with Crippen molar-refractivity contribution in [3.05, 3.63) is 0 Å². The minimum atomic E-state index is -3.48. The fraction of sp³-hybridized carbons (Fsp3) is 0.800. The van der Waals surface area contributed by atoms with E-state index in [1.807, 2.05) is 0 Å². The van der Waals surface area contributed by atoms with Gasteiger partial charge in [0.1, 0.15) is 0 Å². The van der Waals surface area contributed by atoms with Crippen LogP contribution >= 0.6 is 0 Å². The molecule has 0 aromatic carbocycles. The summed E-state index contributed by atoms with van der Waals surface area (Å²) in [7, 11) is -0.605. The van der Waals surface area contributed by atoms with Gasteiger partial charge in [0.25, 0.3) is 10.2 Å². The summed E-state index contributed by atoms with van der Waals surface area (Å²) < 4.78 is 26.2. The predicted molar refractivity (Wildman–Crippen MR) is 71.0 cm³/mol. The third-order valence-electron chi connectivity index (χ3n) is 3.05. The van der Waals surface area contributed by atoms with Crippen LogP contribution in [0.1, 0.15) is 6.42 Å². The Bertz CT molecular complexity index is 470. The summed E-state index contributed by atoms with van der Waals surface area (Å²) in [6, 6.07) is -1.09. The standard InChI is InChI=1S/C10H20N4O5S/c1-12(2)20(18,19)14-5-3-13(4-6-14)10(17)8(11)7-9(15)16/h8H,3-7,11H2,1-2H3,(H,15,16). The van der Waals surface area contributed by atoms with E-state index >= 15 is 0 Å². The number of aliphatic carboxylic acids is 1.